The first-order valence-electron chi connectivity index (χ1n) is 18.0. The molecule has 0 atom stereocenters. The Bertz CT molecular complexity index is 2210. The molecule has 260 valence electrons. The minimum atomic E-state index is 0.163. The first-order valence-corrected chi connectivity index (χ1v) is 20.0. The van der Waals surface area contributed by atoms with Gasteiger partial charge in [0.05, 0.1) is 0 Å². The summed E-state index contributed by atoms with van der Waals surface area (Å²) in [6.45, 7) is 18.2. The van der Waals surface area contributed by atoms with E-state index in [2.05, 4.69) is 140 Å². The number of hydrogen-bond donors (Lipinski definition) is 0. The smallest absolute Gasteiger partial charge is 0.109 e. The maximum absolute atomic E-state index is 6.38. The van der Waals surface area contributed by atoms with Crippen molar-refractivity contribution in [3.8, 4) is 11.1 Å². The summed E-state index contributed by atoms with van der Waals surface area (Å²) in [4.78, 5) is 0. The van der Waals surface area contributed by atoms with Gasteiger partial charge in [0.25, 0.3) is 0 Å². The van der Waals surface area contributed by atoms with Crippen LogP contribution in [0.4, 0.5) is 0 Å². The van der Waals surface area contributed by atoms with Crippen molar-refractivity contribution >= 4 is 48.0 Å². The van der Waals surface area contributed by atoms with Crippen LogP contribution in [0.15, 0.2) is 109 Å². The van der Waals surface area contributed by atoms with E-state index in [9.17, 15) is 0 Å². The summed E-state index contributed by atoms with van der Waals surface area (Å²) in [6, 6.07) is 35.8. The van der Waals surface area contributed by atoms with Gasteiger partial charge < -0.3 is 0 Å². The minimum Gasteiger partial charge on any atom is -0.273 e. The molecule has 6 aromatic rings. The molecule has 0 nitrogen and oxygen atoms in total. The Morgan fingerprint density at radius 3 is 1.63 bits per heavy atom. The molecule has 2 aliphatic carbocycles. The standard InChI is InChI=1S/C23H29.C21H12Cl2.C5H5.Zr/c1-14-9-16-11-17-10-15(2)21(23(6,7)8)13-19(17)18(16)12-20(14)22(3,4)5;22-20-11-9-14(16-5-1-3-7-18(16)20)13-15-10-12-21(23)19-8-4-2-6-17(15)19;1-2-4-5-3-1;/h9,12-13H,11H2,1-8H3;1-12H;1-3H,4H2;/q-1;;-1;+2. The Kier molecular flexibility index (Phi) is 11.5. The number of fused-ring (bicyclic) bond motifs is 5. The minimum absolute atomic E-state index is 0.163. The number of hydrogen-bond acceptors (Lipinski definition) is 0. The van der Waals surface area contributed by atoms with E-state index >= 15 is 0 Å². The van der Waals surface area contributed by atoms with Crippen LogP contribution in [-0.4, -0.2) is 3.21 Å². The average molecular weight is 797 g/mol. The Labute approximate surface area is 335 Å². The first-order chi connectivity index (χ1) is 24.6. The number of halogens is 2. The molecular formula is C49H46Cl2Zr. The van der Waals surface area contributed by atoms with Gasteiger partial charge in [-0.15, -0.1) is 23.1 Å². The fourth-order valence-electron chi connectivity index (χ4n) is 7.47. The Hall–Kier alpha value is -3.35. The summed E-state index contributed by atoms with van der Waals surface area (Å²) in [6.07, 6.45) is 11.0. The molecule has 2 aliphatic rings. The molecular weight excluding hydrogens is 751 g/mol. The van der Waals surface area contributed by atoms with E-state index in [0.29, 0.717) is 0 Å². The summed E-state index contributed by atoms with van der Waals surface area (Å²) >= 11 is 14.1. The van der Waals surface area contributed by atoms with Gasteiger partial charge in [0.2, 0.25) is 0 Å². The van der Waals surface area contributed by atoms with E-state index in [1.54, 1.807) is 0 Å². The van der Waals surface area contributed by atoms with Gasteiger partial charge in [0.1, 0.15) is 0 Å². The maximum Gasteiger partial charge on any atom is -0.109 e. The monoisotopic (exact) mass is 794 g/mol. The third kappa shape index (κ3) is 8.09. The second-order valence-electron chi connectivity index (χ2n) is 15.9. The van der Waals surface area contributed by atoms with Crippen LogP contribution in [0, 0.1) is 26.0 Å². The van der Waals surface area contributed by atoms with Crippen LogP contribution in [0.3, 0.4) is 0 Å². The molecule has 0 heterocycles. The van der Waals surface area contributed by atoms with E-state index in [4.69, 9.17) is 23.2 Å². The normalized spacial score (nSPS) is 13.0. The van der Waals surface area contributed by atoms with Crippen molar-refractivity contribution in [2.75, 3.05) is 0 Å². The topological polar surface area (TPSA) is 0 Å². The fourth-order valence-corrected chi connectivity index (χ4v) is 9.00. The Morgan fingerprint density at radius 1 is 0.654 bits per heavy atom. The zero-order valence-corrected chi connectivity index (χ0v) is 35.5. The van der Waals surface area contributed by atoms with Crippen molar-refractivity contribution in [1.82, 2.24) is 0 Å². The van der Waals surface area contributed by atoms with E-state index in [1.807, 2.05) is 36.4 Å². The predicted molar refractivity (Wildman–Crippen MR) is 223 cm³/mol. The number of allylic oxidation sites excluding steroid dienone is 4. The molecule has 0 spiro atoms. The SMILES string of the molecule is Cc1[c-]c2c(cc1C(C)(C)C)-c1cc(C(C)(C)C)c(C)cc1C2.Clc1ccc([C](=[Zr+2])c2ccc(Cl)c3ccccc23)c2ccccc12.[C-]1=CC=CC1. The third-order valence-electron chi connectivity index (χ3n) is 9.95. The van der Waals surface area contributed by atoms with Gasteiger partial charge in [-0.1, -0.05) is 71.6 Å². The van der Waals surface area contributed by atoms with E-state index in [-0.39, 0.29) is 10.8 Å². The van der Waals surface area contributed by atoms with Crippen molar-refractivity contribution in [2.45, 2.75) is 79.1 Å². The molecule has 0 aliphatic heterocycles. The summed E-state index contributed by atoms with van der Waals surface area (Å²) in [5.74, 6) is 0. The Morgan fingerprint density at radius 2 is 1.17 bits per heavy atom. The first kappa shape index (κ1) is 38.4. The van der Waals surface area contributed by atoms with Gasteiger partial charge in [0, 0.05) is 0 Å². The van der Waals surface area contributed by atoms with Gasteiger partial charge in [-0.25, -0.2) is 12.2 Å². The molecule has 0 N–H and O–H groups in total. The predicted octanol–water partition coefficient (Wildman–Crippen LogP) is 14.0. The van der Waals surface area contributed by atoms with Crippen molar-refractivity contribution in [2.24, 2.45) is 0 Å². The second-order valence-corrected chi connectivity index (χ2v) is 17.9. The van der Waals surface area contributed by atoms with Crippen molar-refractivity contribution < 1.29 is 24.2 Å². The molecule has 0 radical (unpaired) electrons. The van der Waals surface area contributed by atoms with Crippen LogP contribution in [0.25, 0.3) is 32.7 Å². The summed E-state index contributed by atoms with van der Waals surface area (Å²) in [5.41, 5.74) is 14.1. The van der Waals surface area contributed by atoms with Gasteiger partial charge >= 0.3 is 166 Å². The molecule has 6 aromatic carbocycles. The molecule has 0 fully saturated rings. The van der Waals surface area contributed by atoms with Gasteiger partial charge in [-0.05, 0) is 35.4 Å². The summed E-state index contributed by atoms with van der Waals surface area (Å²) in [5, 5.41) is 6.15. The zero-order chi connectivity index (χ0) is 37.4. The second kappa shape index (κ2) is 15.6. The maximum atomic E-state index is 6.38. The Balaban J connectivity index is 0.000000157. The molecule has 0 saturated heterocycles. The fraction of sp³-hybridized carbons (Fsp3) is 0.245. The average Bonchev–Trinajstić information content (AvgIpc) is 3.79. The number of aryl methyl sites for hydroxylation is 2. The quantitative estimate of drug-likeness (QED) is 0.153. The van der Waals surface area contributed by atoms with Crippen molar-refractivity contribution in [1.29, 1.82) is 0 Å². The van der Waals surface area contributed by atoms with E-state index in [0.717, 1.165) is 33.7 Å². The molecule has 0 saturated carbocycles. The molecule has 8 rings (SSSR count). The third-order valence-corrected chi connectivity index (χ3v) is 11.9. The van der Waals surface area contributed by atoms with Crippen molar-refractivity contribution in [3.63, 3.8) is 0 Å². The molecule has 52 heavy (non-hydrogen) atoms. The number of rotatable bonds is 2. The molecule has 0 amide bonds. The van der Waals surface area contributed by atoms with Crippen LogP contribution in [0.5, 0.6) is 0 Å². The van der Waals surface area contributed by atoms with Crippen molar-refractivity contribution in [3.05, 3.63) is 176 Å². The van der Waals surface area contributed by atoms with Gasteiger partial charge in [-0.2, -0.15) is 23.8 Å². The zero-order valence-electron chi connectivity index (χ0n) is 31.6. The largest absolute Gasteiger partial charge is 0.273 e. The summed E-state index contributed by atoms with van der Waals surface area (Å²) < 4.78 is 1.31. The van der Waals surface area contributed by atoms with Crippen LogP contribution in [0.2, 0.25) is 10.0 Å². The van der Waals surface area contributed by atoms with Crippen LogP contribution < -0.4 is 0 Å². The molecule has 0 aromatic heterocycles. The summed E-state index contributed by atoms with van der Waals surface area (Å²) in [7, 11) is 0. The molecule has 0 unspecified atom stereocenters. The van der Waals surface area contributed by atoms with Gasteiger partial charge in [0.15, 0.2) is 0 Å². The van der Waals surface area contributed by atoms with Crippen LogP contribution in [-0.2, 0) is 41.5 Å². The van der Waals surface area contributed by atoms with E-state index < -0.39 is 0 Å². The number of benzene rings is 6. The van der Waals surface area contributed by atoms with Gasteiger partial charge in [-0.3, -0.25) is 6.08 Å². The van der Waals surface area contributed by atoms with E-state index in [1.165, 1.54) is 93.8 Å². The molecule has 3 heteroatoms. The van der Waals surface area contributed by atoms with Crippen LogP contribution in [0.1, 0.15) is 92.5 Å². The molecule has 0 bridgehead atoms. The van der Waals surface area contributed by atoms with Crippen LogP contribution >= 0.6 is 23.2 Å².